The van der Waals surface area contributed by atoms with Crippen LogP contribution in [-0.4, -0.2) is 11.2 Å². The average molecular weight is 234 g/mol. The first-order valence-corrected chi connectivity index (χ1v) is 7.39. The largest absolute Gasteiger partial charge is 0.389 e. The van der Waals surface area contributed by atoms with E-state index in [1.165, 1.54) is 38.5 Å². The summed E-state index contributed by atoms with van der Waals surface area (Å²) in [6, 6.07) is 0. The van der Waals surface area contributed by atoms with Crippen LogP contribution in [0, 0.1) is 23.2 Å². The summed E-state index contributed by atoms with van der Waals surface area (Å²) in [7, 11) is 0. The van der Waals surface area contributed by atoms with Crippen LogP contribution in [0.3, 0.4) is 0 Å². The molecule has 0 spiro atoms. The molecular weight excluding hydrogens is 208 g/mol. The Morgan fingerprint density at radius 1 is 1.29 bits per heavy atom. The molecule has 17 heavy (non-hydrogen) atoms. The number of rotatable bonds is 2. The Bertz CT molecular complexity index is 328. The molecule has 2 bridgehead atoms. The minimum absolute atomic E-state index is 0.188. The molecule has 3 aliphatic rings. The second-order valence-electron chi connectivity index (χ2n) is 7.58. The van der Waals surface area contributed by atoms with Gasteiger partial charge in [-0.3, -0.25) is 0 Å². The molecule has 1 nitrogen and oxygen atoms in total. The molecule has 0 aliphatic heterocycles. The molecular formula is C16H26O. The van der Waals surface area contributed by atoms with Gasteiger partial charge in [-0.15, -0.1) is 0 Å². The lowest BCUT2D eigenvalue weighted by Gasteiger charge is -2.34. The van der Waals surface area contributed by atoms with Gasteiger partial charge in [-0.2, -0.15) is 0 Å². The zero-order valence-corrected chi connectivity index (χ0v) is 11.3. The Morgan fingerprint density at radius 3 is 2.71 bits per heavy atom. The van der Waals surface area contributed by atoms with E-state index in [2.05, 4.69) is 19.9 Å². The van der Waals surface area contributed by atoms with Crippen LogP contribution >= 0.6 is 0 Å². The molecule has 1 N–H and O–H groups in total. The predicted molar refractivity (Wildman–Crippen MR) is 70.7 cm³/mol. The Morgan fingerprint density at radius 2 is 2.12 bits per heavy atom. The highest BCUT2D eigenvalue weighted by atomic mass is 16.3. The fraction of sp³-hybridized carbons (Fsp3) is 0.875. The summed E-state index contributed by atoms with van der Waals surface area (Å²) in [5.74, 6) is 3.01. The number of aliphatic hydroxyl groups is 1. The van der Waals surface area contributed by atoms with Crippen molar-refractivity contribution in [3.05, 3.63) is 11.6 Å². The first-order chi connectivity index (χ1) is 8.02. The maximum absolute atomic E-state index is 9.94. The number of hydrogen-bond acceptors (Lipinski definition) is 1. The lowest BCUT2D eigenvalue weighted by molar-refractivity contribution is 0.135. The van der Waals surface area contributed by atoms with Crippen LogP contribution in [0.25, 0.3) is 0 Å². The SMILES string of the molecule is CC1(C)CC(CC2CC3CCC2C3)=CC(O)C1. The van der Waals surface area contributed by atoms with E-state index in [1.54, 1.807) is 5.57 Å². The van der Waals surface area contributed by atoms with Crippen molar-refractivity contribution in [2.24, 2.45) is 23.2 Å². The summed E-state index contributed by atoms with van der Waals surface area (Å²) in [4.78, 5) is 0. The summed E-state index contributed by atoms with van der Waals surface area (Å²) in [5.41, 5.74) is 1.85. The Kier molecular flexibility index (Phi) is 2.85. The molecule has 0 amide bonds. The van der Waals surface area contributed by atoms with Gasteiger partial charge in [0.05, 0.1) is 6.10 Å². The molecule has 0 aromatic rings. The monoisotopic (exact) mass is 234 g/mol. The fourth-order valence-corrected chi connectivity index (χ4v) is 4.75. The van der Waals surface area contributed by atoms with Gasteiger partial charge < -0.3 is 5.11 Å². The molecule has 2 fully saturated rings. The molecule has 96 valence electrons. The molecule has 3 aliphatic carbocycles. The van der Waals surface area contributed by atoms with Crippen molar-refractivity contribution in [2.45, 2.75) is 64.9 Å². The van der Waals surface area contributed by atoms with Gasteiger partial charge in [0, 0.05) is 0 Å². The molecule has 0 radical (unpaired) electrons. The molecule has 2 saturated carbocycles. The number of hydrogen-bond donors (Lipinski definition) is 1. The van der Waals surface area contributed by atoms with E-state index in [9.17, 15) is 5.11 Å². The molecule has 0 saturated heterocycles. The maximum atomic E-state index is 9.94. The lowest BCUT2D eigenvalue weighted by atomic mass is 9.73. The van der Waals surface area contributed by atoms with Gasteiger partial charge in [-0.05, 0) is 61.7 Å². The Balaban J connectivity index is 1.65. The van der Waals surface area contributed by atoms with E-state index in [0.717, 1.165) is 24.2 Å². The zero-order valence-electron chi connectivity index (χ0n) is 11.3. The first kappa shape index (κ1) is 11.8. The van der Waals surface area contributed by atoms with E-state index >= 15 is 0 Å². The van der Waals surface area contributed by atoms with Crippen LogP contribution in [0.15, 0.2) is 11.6 Å². The highest BCUT2D eigenvalue weighted by Crippen LogP contribution is 2.51. The number of aliphatic hydroxyl groups excluding tert-OH is 1. The predicted octanol–water partition coefficient (Wildman–Crippen LogP) is 3.92. The Hall–Kier alpha value is -0.300. The van der Waals surface area contributed by atoms with E-state index in [4.69, 9.17) is 0 Å². The van der Waals surface area contributed by atoms with Crippen molar-refractivity contribution < 1.29 is 5.11 Å². The molecule has 0 aromatic carbocycles. The quantitative estimate of drug-likeness (QED) is 0.718. The third-order valence-corrected chi connectivity index (χ3v) is 5.30. The normalized spacial score (nSPS) is 43.8. The molecule has 0 aromatic heterocycles. The van der Waals surface area contributed by atoms with Crippen molar-refractivity contribution in [2.75, 3.05) is 0 Å². The van der Waals surface area contributed by atoms with E-state index in [-0.39, 0.29) is 6.10 Å². The topological polar surface area (TPSA) is 20.2 Å². The summed E-state index contributed by atoms with van der Waals surface area (Å²) in [6.07, 6.45) is 11.3. The van der Waals surface area contributed by atoms with E-state index in [0.29, 0.717) is 5.41 Å². The minimum Gasteiger partial charge on any atom is -0.389 e. The molecule has 4 atom stereocenters. The van der Waals surface area contributed by atoms with Crippen LogP contribution in [0.5, 0.6) is 0 Å². The van der Waals surface area contributed by atoms with Gasteiger partial charge in [0.1, 0.15) is 0 Å². The van der Waals surface area contributed by atoms with Crippen molar-refractivity contribution in [1.82, 2.24) is 0 Å². The number of fused-ring (bicyclic) bond motifs is 2. The third-order valence-electron chi connectivity index (χ3n) is 5.30. The van der Waals surface area contributed by atoms with Gasteiger partial charge in [-0.1, -0.05) is 31.9 Å². The van der Waals surface area contributed by atoms with E-state index in [1.807, 2.05) is 0 Å². The molecule has 0 heterocycles. The summed E-state index contributed by atoms with van der Waals surface area (Å²) >= 11 is 0. The van der Waals surface area contributed by atoms with Gasteiger partial charge >= 0.3 is 0 Å². The van der Waals surface area contributed by atoms with Crippen molar-refractivity contribution in [1.29, 1.82) is 0 Å². The van der Waals surface area contributed by atoms with Gasteiger partial charge in [0.25, 0.3) is 0 Å². The van der Waals surface area contributed by atoms with Crippen LogP contribution in [-0.2, 0) is 0 Å². The first-order valence-electron chi connectivity index (χ1n) is 7.39. The second-order valence-corrected chi connectivity index (χ2v) is 7.58. The van der Waals surface area contributed by atoms with Gasteiger partial charge in [-0.25, -0.2) is 0 Å². The van der Waals surface area contributed by atoms with Crippen molar-refractivity contribution in [3.63, 3.8) is 0 Å². The van der Waals surface area contributed by atoms with Crippen molar-refractivity contribution in [3.8, 4) is 0 Å². The molecule has 1 heteroatoms. The van der Waals surface area contributed by atoms with Crippen molar-refractivity contribution >= 4 is 0 Å². The standard InChI is InChI=1S/C16H26O/c1-16(2)9-12(8-15(17)10-16)7-14-6-11-3-4-13(14)5-11/h8,11,13-15,17H,3-7,9-10H2,1-2H3. The fourth-order valence-electron chi connectivity index (χ4n) is 4.75. The van der Waals surface area contributed by atoms with Crippen LogP contribution in [0.1, 0.15) is 58.8 Å². The van der Waals surface area contributed by atoms with Crippen LogP contribution in [0.4, 0.5) is 0 Å². The zero-order chi connectivity index (χ0) is 12.0. The highest BCUT2D eigenvalue weighted by Gasteiger charge is 2.40. The minimum atomic E-state index is -0.188. The summed E-state index contributed by atoms with van der Waals surface area (Å²) in [5, 5.41) is 9.94. The van der Waals surface area contributed by atoms with Gasteiger partial charge in [0.15, 0.2) is 0 Å². The smallest absolute Gasteiger partial charge is 0.0728 e. The molecule has 4 unspecified atom stereocenters. The summed E-state index contributed by atoms with van der Waals surface area (Å²) < 4.78 is 0. The Labute approximate surface area is 105 Å². The average Bonchev–Trinajstić information content (AvgIpc) is 2.74. The summed E-state index contributed by atoms with van der Waals surface area (Å²) in [6.45, 7) is 4.59. The third kappa shape index (κ3) is 2.45. The molecule has 3 rings (SSSR count). The maximum Gasteiger partial charge on any atom is 0.0728 e. The van der Waals surface area contributed by atoms with Crippen LogP contribution < -0.4 is 0 Å². The second kappa shape index (κ2) is 4.12. The highest BCUT2D eigenvalue weighted by molar-refractivity contribution is 5.14. The van der Waals surface area contributed by atoms with Crippen LogP contribution in [0.2, 0.25) is 0 Å². The lowest BCUT2D eigenvalue weighted by Crippen LogP contribution is -2.26. The van der Waals surface area contributed by atoms with E-state index < -0.39 is 0 Å². The van der Waals surface area contributed by atoms with Gasteiger partial charge in [0.2, 0.25) is 0 Å². The number of allylic oxidation sites excluding steroid dienone is 1.